The standard InChI is InChI=1S/C32H33N3O5/c33-19-10-2-5-17-29(31(38)35(20-18-30(36)37)21-23-11-3-1-4-12-23)34-32(39)40-22-28-26-15-8-6-13-24(26)25-14-7-9-16-27(25)28/h1,3-4,6-9,11-16,28-29H,2,5,10,17-18,20-22H2,(H,34,39)(H,36,37). The molecule has 0 fully saturated rings. The number of nitriles is 1. The Hall–Kier alpha value is -4.64. The molecule has 0 spiro atoms. The molecular weight excluding hydrogens is 506 g/mol. The second kappa shape index (κ2) is 13.9. The number of carboxylic acid groups (broad SMARTS) is 1. The van der Waals surface area contributed by atoms with Gasteiger partial charge in [-0.3, -0.25) is 9.59 Å². The van der Waals surface area contributed by atoms with Crippen LogP contribution >= 0.6 is 0 Å². The summed E-state index contributed by atoms with van der Waals surface area (Å²) in [6.07, 6.45) is 0.858. The quantitative estimate of drug-likeness (QED) is 0.278. The third-order valence-electron chi connectivity index (χ3n) is 7.09. The zero-order chi connectivity index (χ0) is 28.3. The molecule has 2 amide bonds. The molecule has 0 saturated heterocycles. The van der Waals surface area contributed by atoms with E-state index in [0.717, 1.165) is 27.8 Å². The zero-order valence-electron chi connectivity index (χ0n) is 22.3. The van der Waals surface area contributed by atoms with Crippen LogP contribution in [0.5, 0.6) is 0 Å². The van der Waals surface area contributed by atoms with Crippen molar-refractivity contribution in [2.75, 3.05) is 13.2 Å². The van der Waals surface area contributed by atoms with E-state index in [1.54, 1.807) is 0 Å². The van der Waals surface area contributed by atoms with E-state index in [0.29, 0.717) is 25.7 Å². The molecule has 0 heterocycles. The Labute approximate surface area is 234 Å². The van der Waals surface area contributed by atoms with Crippen LogP contribution in [0.2, 0.25) is 0 Å². The molecule has 3 aromatic carbocycles. The Balaban J connectivity index is 1.46. The summed E-state index contributed by atoms with van der Waals surface area (Å²) in [6.45, 7) is 0.333. The number of ether oxygens (including phenoxy) is 1. The molecule has 1 aliphatic carbocycles. The molecule has 1 aliphatic rings. The van der Waals surface area contributed by atoms with Crippen molar-refractivity contribution >= 4 is 18.0 Å². The van der Waals surface area contributed by atoms with Crippen LogP contribution < -0.4 is 5.32 Å². The van der Waals surface area contributed by atoms with Gasteiger partial charge in [0, 0.05) is 25.4 Å². The number of unbranched alkanes of at least 4 members (excludes halogenated alkanes) is 2. The molecule has 2 N–H and O–H groups in total. The predicted molar refractivity (Wildman–Crippen MR) is 150 cm³/mol. The van der Waals surface area contributed by atoms with E-state index in [1.807, 2.05) is 66.7 Å². The van der Waals surface area contributed by atoms with Gasteiger partial charge >= 0.3 is 12.1 Å². The van der Waals surface area contributed by atoms with Crippen molar-refractivity contribution in [2.24, 2.45) is 0 Å². The largest absolute Gasteiger partial charge is 0.481 e. The Morgan fingerprint density at radius 3 is 2.17 bits per heavy atom. The topological polar surface area (TPSA) is 120 Å². The molecule has 8 nitrogen and oxygen atoms in total. The molecular formula is C32H33N3O5. The summed E-state index contributed by atoms with van der Waals surface area (Å²) in [5, 5.41) is 20.9. The third kappa shape index (κ3) is 7.26. The van der Waals surface area contributed by atoms with Crippen molar-refractivity contribution in [3.8, 4) is 17.2 Å². The van der Waals surface area contributed by atoms with Gasteiger partial charge in [0.1, 0.15) is 12.6 Å². The van der Waals surface area contributed by atoms with Crippen LogP contribution in [0.3, 0.4) is 0 Å². The van der Waals surface area contributed by atoms with Crippen molar-refractivity contribution in [3.05, 3.63) is 95.6 Å². The maximum Gasteiger partial charge on any atom is 0.407 e. The number of hydrogen-bond donors (Lipinski definition) is 2. The van der Waals surface area contributed by atoms with Crippen molar-refractivity contribution in [1.29, 1.82) is 5.26 Å². The van der Waals surface area contributed by atoms with Crippen LogP contribution in [0.15, 0.2) is 78.9 Å². The first-order chi connectivity index (χ1) is 19.5. The molecule has 0 saturated carbocycles. The fourth-order valence-corrected chi connectivity index (χ4v) is 5.11. The first-order valence-electron chi connectivity index (χ1n) is 13.5. The number of hydrogen-bond acceptors (Lipinski definition) is 5. The highest BCUT2D eigenvalue weighted by molar-refractivity contribution is 5.86. The molecule has 8 heteroatoms. The van der Waals surface area contributed by atoms with Crippen LogP contribution in [0, 0.1) is 11.3 Å². The van der Waals surface area contributed by atoms with Gasteiger partial charge in [0.25, 0.3) is 0 Å². The van der Waals surface area contributed by atoms with Crippen LogP contribution in [0.4, 0.5) is 4.79 Å². The average Bonchev–Trinajstić information content (AvgIpc) is 3.29. The van der Waals surface area contributed by atoms with Gasteiger partial charge in [-0.25, -0.2) is 4.79 Å². The van der Waals surface area contributed by atoms with Gasteiger partial charge in [-0.1, -0.05) is 78.9 Å². The zero-order valence-corrected chi connectivity index (χ0v) is 22.3. The van der Waals surface area contributed by atoms with Crippen LogP contribution in [-0.4, -0.2) is 47.2 Å². The summed E-state index contributed by atoms with van der Waals surface area (Å²) >= 11 is 0. The maximum absolute atomic E-state index is 13.6. The molecule has 0 aliphatic heterocycles. The minimum atomic E-state index is -1.01. The van der Waals surface area contributed by atoms with E-state index in [2.05, 4.69) is 23.5 Å². The first kappa shape index (κ1) is 28.4. The van der Waals surface area contributed by atoms with Gasteiger partial charge in [-0.05, 0) is 47.1 Å². The number of carbonyl (C=O) groups is 3. The van der Waals surface area contributed by atoms with E-state index in [1.165, 1.54) is 4.90 Å². The summed E-state index contributed by atoms with van der Waals surface area (Å²) in [7, 11) is 0. The Kier molecular flexibility index (Phi) is 9.89. The van der Waals surface area contributed by atoms with Crippen molar-refractivity contribution < 1.29 is 24.2 Å². The Morgan fingerprint density at radius 2 is 1.55 bits per heavy atom. The SMILES string of the molecule is N#CCCCCC(NC(=O)OCC1c2ccccc2-c2ccccc21)C(=O)N(CCC(=O)O)Cc1ccccc1. The number of aliphatic carboxylic acids is 1. The fourth-order valence-electron chi connectivity index (χ4n) is 5.11. The van der Waals surface area contributed by atoms with Gasteiger partial charge in [0.2, 0.25) is 5.91 Å². The van der Waals surface area contributed by atoms with Crippen LogP contribution in [0.25, 0.3) is 11.1 Å². The van der Waals surface area contributed by atoms with E-state index < -0.39 is 18.1 Å². The number of fused-ring (bicyclic) bond motifs is 3. The Bertz CT molecular complexity index is 1320. The molecule has 3 aromatic rings. The summed E-state index contributed by atoms with van der Waals surface area (Å²) in [5.41, 5.74) is 5.26. The number of alkyl carbamates (subject to hydrolysis) is 1. The highest BCUT2D eigenvalue weighted by atomic mass is 16.5. The molecule has 0 bridgehead atoms. The number of carboxylic acids is 1. The summed E-state index contributed by atoms with van der Waals surface area (Å²) in [5.74, 6) is -1.51. The summed E-state index contributed by atoms with van der Waals surface area (Å²) in [6, 6.07) is 26.6. The van der Waals surface area contributed by atoms with Gasteiger partial charge < -0.3 is 20.1 Å². The lowest BCUT2D eigenvalue weighted by Crippen LogP contribution is -2.49. The molecule has 206 valence electrons. The molecule has 4 rings (SSSR count). The number of nitrogens with one attached hydrogen (secondary N) is 1. The predicted octanol–water partition coefficient (Wildman–Crippen LogP) is 5.48. The maximum atomic E-state index is 13.6. The van der Waals surface area contributed by atoms with Gasteiger partial charge in [-0.15, -0.1) is 0 Å². The number of amides is 2. The number of nitrogens with zero attached hydrogens (tertiary/aromatic N) is 2. The second-order valence-corrected chi connectivity index (χ2v) is 9.82. The number of rotatable bonds is 13. The summed E-state index contributed by atoms with van der Waals surface area (Å²) < 4.78 is 5.68. The lowest BCUT2D eigenvalue weighted by molar-refractivity contribution is -0.139. The van der Waals surface area contributed by atoms with Crippen molar-refractivity contribution in [1.82, 2.24) is 10.2 Å². The third-order valence-corrected chi connectivity index (χ3v) is 7.09. The molecule has 1 unspecified atom stereocenters. The Morgan fingerprint density at radius 1 is 0.925 bits per heavy atom. The lowest BCUT2D eigenvalue weighted by Gasteiger charge is -2.28. The van der Waals surface area contributed by atoms with Crippen molar-refractivity contribution in [3.63, 3.8) is 0 Å². The monoisotopic (exact) mass is 539 g/mol. The average molecular weight is 540 g/mol. The molecule has 1 atom stereocenters. The first-order valence-corrected chi connectivity index (χ1v) is 13.5. The minimum Gasteiger partial charge on any atom is -0.481 e. The normalized spacial score (nSPS) is 12.5. The second-order valence-electron chi connectivity index (χ2n) is 9.82. The minimum absolute atomic E-state index is 0.00409. The summed E-state index contributed by atoms with van der Waals surface area (Å²) in [4.78, 5) is 39.4. The molecule has 0 aromatic heterocycles. The van der Waals surface area contributed by atoms with Crippen LogP contribution in [-0.2, 0) is 20.9 Å². The van der Waals surface area contributed by atoms with Gasteiger partial charge in [0.05, 0.1) is 12.5 Å². The van der Waals surface area contributed by atoms with Gasteiger partial charge in [-0.2, -0.15) is 5.26 Å². The highest BCUT2D eigenvalue weighted by Gasteiger charge is 2.31. The molecule has 40 heavy (non-hydrogen) atoms. The molecule has 0 radical (unpaired) electrons. The van der Waals surface area contributed by atoms with Crippen molar-refractivity contribution in [2.45, 2.75) is 50.6 Å². The van der Waals surface area contributed by atoms with E-state index >= 15 is 0 Å². The number of benzene rings is 3. The fraction of sp³-hybridized carbons (Fsp3) is 0.312. The number of carbonyl (C=O) groups excluding carboxylic acids is 2. The van der Waals surface area contributed by atoms with E-state index in [9.17, 15) is 19.5 Å². The van der Waals surface area contributed by atoms with E-state index in [-0.39, 0.29) is 37.9 Å². The van der Waals surface area contributed by atoms with Crippen LogP contribution in [0.1, 0.15) is 54.7 Å². The lowest BCUT2D eigenvalue weighted by atomic mass is 9.98. The highest BCUT2D eigenvalue weighted by Crippen LogP contribution is 2.44. The smallest absolute Gasteiger partial charge is 0.407 e. The van der Waals surface area contributed by atoms with Gasteiger partial charge in [0.15, 0.2) is 0 Å². The van der Waals surface area contributed by atoms with E-state index in [4.69, 9.17) is 10.00 Å².